The van der Waals surface area contributed by atoms with Gasteiger partial charge in [-0.05, 0) is 60.4 Å². The Kier molecular flexibility index (Phi) is 5.18. The summed E-state index contributed by atoms with van der Waals surface area (Å²) in [5, 5.41) is 15.9. The molecule has 7 heteroatoms. The van der Waals surface area contributed by atoms with Gasteiger partial charge in [0, 0.05) is 43.1 Å². The molecule has 0 amide bonds. The van der Waals surface area contributed by atoms with Crippen LogP contribution in [0.5, 0.6) is 0 Å². The average Bonchev–Trinajstić information content (AvgIpc) is 3.15. The van der Waals surface area contributed by atoms with E-state index in [0.717, 1.165) is 59.8 Å². The molecular formula is C24H26ClN5O. The SMILES string of the molecule is Cc1[nH]cnc1C(C)(O)C1=Cc2cccnc2[C@@H](N2CCNCC2)c2ccc(Cl)cc21. The number of H-pyrrole nitrogens is 1. The molecule has 2 aliphatic rings. The molecule has 6 nitrogen and oxygen atoms in total. The van der Waals surface area contributed by atoms with Crippen LogP contribution in [0.15, 0.2) is 42.9 Å². The van der Waals surface area contributed by atoms with E-state index in [1.165, 1.54) is 0 Å². The van der Waals surface area contributed by atoms with Crippen molar-refractivity contribution in [2.45, 2.75) is 25.5 Å². The van der Waals surface area contributed by atoms with E-state index in [2.05, 4.69) is 32.3 Å². The number of benzene rings is 1. The lowest BCUT2D eigenvalue weighted by Crippen LogP contribution is -2.45. The number of hydrogen-bond acceptors (Lipinski definition) is 5. The molecule has 0 saturated carbocycles. The maximum Gasteiger partial charge on any atom is 0.131 e. The third kappa shape index (κ3) is 3.49. The first kappa shape index (κ1) is 20.4. The van der Waals surface area contributed by atoms with Crippen LogP contribution < -0.4 is 5.32 Å². The largest absolute Gasteiger partial charge is 0.379 e. The number of aryl methyl sites for hydroxylation is 1. The van der Waals surface area contributed by atoms with Crippen LogP contribution in [0.4, 0.5) is 0 Å². The predicted octanol–water partition coefficient (Wildman–Crippen LogP) is 3.52. The van der Waals surface area contributed by atoms with Crippen LogP contribution in [0.1, 0.15) is 46.7 Å². The van der Waals surface area contributed by atoms with E-state index in [9.17, 15) is 5.11 Å². The number of nitrogens with one attached hydrogen (secondary N) is 2. The zero-order chi connectivity index (χ0) is 21.6. The Morgan fingerprint density at radius 1 is 1.19 bits per heavy atom. The molecular weight excluding hydrogens is 410 g/mol. The minimum Gasteiger partial charge on any atom is -0.379 e. The first-order valence-corrected chi connectivity index (χ1v) is 11.0. The number of rotatable bonds is 3. The highest BCUT2D eigenvalue weighted by Crippen LogP contribution is 2.46. The van der Waals surface area contributed by atoms with E-state index < -0.39 is 5.60 Å². The van der Waals surface area contributed by atoms with Crippen LogP contribution >= 0.6 is 11.6 Å². The van der Waals surface area contributed by atoms with Crippen molar-refractivity contribution in [3.63, 3.8) is 0 Å². The van der Waals surface area contributed by atoms with Crippen molar-refractivity contribution in [1.29, 1.82) is 0 Å². The lowest BCUT2D eigenvalue weighted by molar-refractivity contribution is 0.117. The van der Waals surface area contributed by atoms with Crippen molar-refractivity contribution in [2.75, 3.05) is 26.2 Å². The number of piperazine rings is 1. The number of hydrogen-bond donors (Lipinski definition) is 3. The first-order valence-electron chi connectivity index (χ1n) is 10.6. The summed E-state index contributed by atoms with van der Waals surface area (Å²) in [6.07, 6.45) is 5.51. The van der Waals surface area contributed by atoms with Crippen LogP contribution in [0.3, 0.4) is 0 Å². The molecule has 5 rings (SSSR count). The normalized spacial score (nSPS) is 20.9. The van der Waals surface area contributed by atoms with Crippen molar-refractivity contribution in [2.24, 2.45) is 0 Å². The molecule has 1 aliphatic carbocycles. The average molecular weight is 436 g/mol. The molecule has 3 heterocycles. The van der Waals surface area contributed by atoms with Gasteiger partial charge >= 0.3 is 0 Å². The fourth-order valence-corrected chi connectivity index (χ4v) is 5.02. The molecule has 0 bridgehead atoms. The zero-order valence-corrected chi connectivity index (χ0v) is 18.4. The van der Waals surface area contributed by atoms with Crippen molar-refractivity contribution in [3.05, 3.63) is 81.7 Å². The van der Waals surface area contributed by atoms with Gasteiger partial charge in [0.15, 0.2) is 0 Å². The number of imidazole rings is 1. The van der Waals surface area contributed by atoms with E-state index in [1.807, 2.05) is 37.4 Å². The predicted molar refractivity (Wildman–Crippen MR) is 123 cm³/mol. The highest BCUT2D eigenvalue weighted by Gasteiger charge is 2.39. The number of aromatic amines is 1. The van der Waals surface area contributed by atoms with Crippen LogP contribution in [0.25, 0.3) is 11.6 Å². The van der Waals surface area contributed by atoms with Crippen molar-refractivity contribution in [1.82, 2.24) is 25.2 Å². The molecule has 1 fully saturated rings. The molecule has 2 aromatic heterocycles. The van der Waals surface area contributed by atoms with Gasteiger partial charge in [0.1, 0.15) is 5.60 Å². The van der Waals surface area contributed by atoms with E-state index >= 15 is 0 Å². The third-order valence-electron chi connectivity index (χ3n) is 6.36. The van der Waals surface area contributed by atoms with Crippen LogP contribution in [0.2, 0.25) is 5.02 Å². The first-order chi connectivity index (χ1) is 15.0. The summed E-state index contributed by atoms with van der Waals surface area (Å²) in [5.41, 5.74) is 4.94. The molecule has 1 saturated heterocycles. The van der Waals surface area contributed by atoms with Gasteiger partial charge in [-0.15, -0.1) is 0 Å². The van der Waals surface area contributed by atoms with Crippen molar-refractivity contribution >= 4 is 23.3 Å². The molecule has 2 atom stereocenters. The van der Waals surface area contributed by atoms with Crippen LogP contribution in [0, 0.1) is 6.92 Å². The minimum atomic E-state index is -1.31. The Bertz CT molecular complexity index is 1150. The minimum absolute atomic E-state index is 0.0182. The molecule has 1 aliphatic heterocycles. The molecule has 1 unspecified atom stereocenters. The Balaban J connectivity index is 1.77. The smallest absolute Gasteiger partial charge is 0.131 e. The summed E-state index contributed by atoms with van der Waals surface area (Å²) >= 11 is 6.48. The molecule has 0 radical (unpaired) electrons. The van der Waals surface area contributed by atoms with Gasteiger partial charge in [-0.25, -0.2) is 4.98 Å². The topological polar surface area (TPSA) is 77.1 Å². The van der Waals surface area contributed by atoms with Gasteiger partial charge in [0.2, 0.25) is 0 Å². The number of pyridine rings is 1. The van der Waals surface area contributed by atoms with Crippen molar-refractivity contribution < 1.29 is 5.11 Å². The summed E-state index contributed by atoms with van der Waals surface area (Å²) in [6, 6.07) is 9.96. The maximum absolute atomic E-state index is 11.8. The van der Waals surface area contributed by atoms with E-state index in [4.69, 9.17) is 16.6 Å². The standard InChI is InChI=1S/C24H26ClN5O/c1-15-23(29-14-28-15)24(2,31)20-12-16-4-3-7-27-21(16)22(30-10-8-26-9-11-30)18-6-5-17(25)13-19(18)20/h3-7,12-14,22,26,31H,8-11H2,1-2H3,(H,28,29)/t22-,24?/m0/s1. The lowest BCUT2D eigenvalue weighted by atomic mass is 9.83. The Labute approximate surface area is 187 Å². The van der Waals surface area contributed by atoms with E-state index in [1.54, 1.807) is 13.3 Å². The summed E-state index contributed by atoms with van der Waals surface area (Å²) < 4.78 is 0. The van der Waals surface area contributed by atoms with Gasteiger partial charge in [-0.2, -0.15) is 0 Å². The van der Waals surface area contributed by atoms with E-state index in [0.29, 0.717) is 10.7 Å². The highest BCUT2D eigenvalue weighted by molar-refractivity contribution is 6.30. The molecule has 160 valence electrons. The Hall–Kier alpha value is -2.51. The fourth-order valence-electron chi connectivity index (χ4n) is 4.85. The summed E-state index contributed by atoms with van der Waals surface area (Å²) in [5.74, 6) is 0. The molecule has 31 heavy (non-hydrogen) atoms. The monoisotopic (exact) mass is 435 g/mol. The van der Waals surface area contributed by atoms with Crippen LogP contribution in [-0.4, -0.2) is 51.1 Å². The quantitative estimate of drug-likeness (QED) is 0.586. The number of halogens is 1. The molecule has 3 aromatic rings. The summed E-state index contributed by atoms with van der Waals surface area (Å²) in [7, 11) is 0. The fraction of sp³-hybridized carbons (Fsp3) is 0.333. The van der Waals surface area contributed by atoms with Crippen LogP contribution in [-0.2, 0) is 5.60 Å². The third-order valence-corrected chi connectivity index (χ3v) is 6.60. The molecule has 3 N–H and O–H groups in total. The Morgan fingerprint density at radius 2 is 2.00 bits per heavy atom. The van der Waals surface area contributed by atoms with Gasteiger partial charge in [0.25, 0.3) is 0 Å². The summed E-state index contributed by atoms with van der Waals surface area (Å²) in [4.78, 5) is 14.8. The Morgan fingerprint density at radius 3 is 2.74 bits per heavy atom. The number of aromatic nitrogens is 3. The van der Waals surface area contributed by atoms with Gasteiger partial charge < -0.3 is 15.4 Å². The summed E-state index contributed by atoms with van der Waals surface area (Å²) in [6.45, 7) is 7.44. The number of fused-ring (bicyclic) bond motifs is 2. The second-order valence-electron chi connectivity index (χ2n) is 8.40. The van der Waals surface area contributed by atoms with Gasteiger partial charge in [0.05, 0.1) is 23.8 Å². The highest BCUT2D eigenvalue weighted by atomic mass is 35.5. The number of nitrogens with zero attached hydrogens (tertiary/aromatic N) is 3. The van der Waals surface area contributed by atoms with Gasteiger partial charge in [-0.1, -0.05) is 23.7 Å². The maximum atomic E-state index is 11.8. The van der Waals surface area contributed by atoms with Crippen molar-refractivity contribution in [3.8, 4) is 0 Å². The molecule has 0 spiro atoms. The molecule has 1 aromatic carbocycles. The lowest BCUT2D eigenvalue weighted by Gasteiger charge is -2.36. The van der Waals surface area contributed by atoms with Gasteiger partial charge in [-0.3, -0.25) is 9.88 Å². The zero-order valence-electron chi connectivity index (χ0n) is 17.7. The second kappa shape index (κ2) is 7.88. The van der Waals surface area contributed by atoms with E-state index in [-0.39, 0.29) is 6.04 Å². The number of aliphatic hydroxyl groups is 1. The second-order valence-corrected chi connectivity index (χ2v) is 8.84.